The van der Waals surface area contributed by atoms with Crippen molar-refractivity contribution in [3.63, 3.8) is 0 Å². The average molecular weight is 601 g/mol. The number of thioether (sulfide) groups is 2. The van der Waals surface area contributed by atoms with Gasteiger partial charge in [0, 0.05) is 59.3 Å². The van der Waals surface area contributed by atoms with Crippen LogP contribution >= 0.6 is 23.5 Å². The SMILES string of the molecule is CSc1cccc(N2c3cc(SC)ccc3B3c4c(cc5c(oc6ccccc65)c42)-c2cccc4c5ccccc5n3c24)c1. The van der Waals surface area contributed by atoms with E-state index >= 15 is 0 Å². The van der Waals surface area contributed by atoms with Gasteiger partial charge in [0.2, 0.25) is 0 Å². The van der Waals surface area contributed by atoms with Gasteiger partial charge >= 0.3 is 6.85 Å². The summed E-state index contributed by atoms with van der Waals surface area (Å²) in [5.41, 5.74) is 13.1. The van der Waals surface area contributed by atoms with Crippen LogP contribution < -0.4 is 15.8 Å². The van der Waals surface area contributed by atoms with Crippen LogP contribution in [0.5, 0.6) is 0 Å². The molecule has 0 N–H and O–H groups in total. The monoisotopic (exact) mass is 600 g/mol. The lowest BCUT2D eigenvalue weighted by Crippen LogP contribution is -2.56. The lowest BCUT2D eigenvalue weighted by atomic mass is 9.45. The molecule has 0 radical (unpaired) electrons. The summed E-state index contributed by atoms with van der Waals surface area (Å²) < 4.78 is 9.48. The first-order chi connectivity index (χ1) is 21.7. The summed E-state index contributed by atoms with van der Waals surface area (Å²) in [5, 5.41) is 4.91. The third kappa shape index (κ3) is 3.12. The van der Waals surface area contributed by atoms with Gasteiger partial charge in [0.05, 0.1) is 5.69 Å². The van der Waals surface area contributed by atoms with Crippen LogP contribution in [0.4, 0.5) is 17.1 Å². The number of hydrogen-bond acceptors (Lipinski definition) is 4. The van der Waals surface area contributed by atoms with E-state index in [0.717, 1.165) is 33.3 Å². The minimum Gasteiger partial charge on any atom is -0.454 e. The molecule has 208 valence electrons. The zero-order valence-corrected chi connectivity index (χ0v) is 25.8. The largest absolute Gasteiger partial charge is 0.454 e. The Morgan fingerprint density at radius 2 is 1.41 bits per heavy atom. The molecule has 0 aliphatic carbocycles. The van der Waals surface area contributed by atoms with Crippen molar-refractivity contribution in [2.75, 3.05) is 17.4 Å². The van der Waals surface area contributed by atoms with Gasteiger partial charge in [0.1, 0.15) is 5.58 Å². The Labute approximate surface area is 263 Å². The highest BCUT2D eigenvalue weighted by molar-refractivity contribution is 7.98. The molecule has 2 aromatic heterocycles. The Kier molecular flexibility index (Phi) is 5.09. The zero-order chi connectivity index (χ0) is 29.1. The Bertz CT molecular complexity index is 2510. The summed E-state index contributed by atoms with van der Waals surface area (Å²) >= 11 is 3.56. The lowest BCUT2D eigenvalue weighted by Gasteiger charge is -2.40. The number of para-hydroxylation sites is 3. The molecule has 3 nitrogen and oxygen atoms in total. The van der Waals surface area contributed by atoms with Crippen LogP contribution in [0, 0.1) is 0 Å². The molecule has 10 rings (SSSR count). The summed E-state index contributed by atoms with van der Waals surface area (Å²) in [5.74, 6) is 0. The maximum absolute atomic E-state index is 6.87. The predicted molar refractivity (Wildman–Crippen MR) is 191 cm³/mol. The first kappa shape index (κ1) is 24.9. The third-order valence-electron chi connectivity index (χ3n) is 9.54. The van der Waals surface area contributed by atoms with E-state index in [9.17, 15) is 0 Å². The third-order valence-corrected chi connectivity index (χ3v) is 11.0. The molecule has 6 heteroatoms. The smallest absolute Gasteiger partial charge is 0.333 e. The molecule has 0 spiro atoms. The summed E-state index contributed by atoms with van der Waals surface area (Å²) in [6.45, 7) is 0.000742. The highest BCUT2D eigenvalue weighted by Crippen LogP contribution is 2.49. The fourth-order valence-corrected chi connectivity index (χ4v) is 8.64. The Morgan fingerprint density at radius 3 is 2.30 bits per heavy atom. The van der Waals surface area contributed by atoms with Crippen molar-refractivity contribution in [2.24, 2.45) is 0 Å². The molecule has 0 saturated carbocycles. The first-order valence-corrected chi connectivity index (χ1v) is 17.3. The van der Waals surface area contributed by atoms with Crippen molar-refractivity contribution in [1.82, 2.24) is 4.48 Å². The van der Waals surface area contributed by atoms with Gasteiger partial charge in [0.15, 0.2) is 5.58 Å². The predicted octanol–water partition coefficient (Wildman–Crippen LogP) is 9.56. The quantitative estimate of drug-likeness (QED) is 0.149. The number of hydrogen-bond donors (Lipinski definition) is 0. The molecular weight excluding hydrogens is 575 g/mol. The number of fused-ring (bicyclic) bond motifs is 11. The number of furan rings is 1. The van der Waals surface area contributed by atoms with Gasteiger partial charge in [-0.1, -0.05) is 66.7 Å². The lowest BCUT2D eigenvalue weighted by molar-refractivity contribution is 0.669. The fourth-order valence-electron chi connectivity index (χ4n) is 7.75. The Morgan fingerprint density at radius 1 is 0.636 bits per heavy atom. The highest BCUT2D eigenvalue weighted by Gasteiger charge is 2.44. The van der Waals surface area contributed by atoms with E-state index in [1.165, 1.54) is 59.3 Å². The number of nitrogens with zero attached hydrogens (tertiary/aromatic N) is 2. The standard InChI is InChI=1S/C38H25BN2OS2/c1-43-23-10-7-9-22(19-23)40-33-20-24(44-2)17-18-31(33)39-35-29(21-30-26-12-4-6-16-34(26)42-38(30)37(35)40)28-14-8-13-27-25-11-3-5-15-32(25)41(39)36(27)28/h3-21H,1-2H3. The van der Waals surface area contributed by atoms with Crippen LogP contribution in [0.1, 0.15) is 0 Å². The average Bonchev–Trinajstić information content (AvgIpc) is 3.62. The summed E-state index contributed by atoms with van der Waals surface area (Å²) in [6.07, 6.45) is 4.30. The molecular formula is C38H25BN2OS2. The molecule has 8 aromatic rings. The molecule has 0 bridgehead atoms. The second-order valence-corrected chi connectivity index (χ2v) is 13.4. The van der Waals surface area contributed by atoms with Crippen molar-refractivity contribution in [3.8, 4) is 11.1 Å². The van der Waals surface area contributed by atoms with E-state index in [1.807, 2.05) is 0 Å². The van der Waals surface area contributed by atoms with Gasteiger partial charge in [-0.2, -0.15) is 0 Å². The molecule has 6 aromatic carbocycles. The highest BCUT2D eigenvalue weighted by atomic mass is 32.2. The molecule has 0 atom stereocenters. The summed E-state index contributed by atoms with van der Waals surface area (Å²) in [6, 6.07) is 42.5. The molecule has 0 amide bonds. The Balaban J connectivity index is 1.46. The van der Waals surface area contributed by atoms with Crippen LogP contribution in [-0.4, -0.2) is 23.8 Å². The van der Waals surface area contributed by atoms with Crippen LogP contribution in [0.3, 0.4) is 0 Å². The molecule has 0 unspecified atom stereocenters. The second kappa shape index (κ2) is 9.01. The van der Waals surface area contributed by atoms with Crippen LogP contribution in [0.2, 0.25) is 0 Å². The Hall–Kier alpha value is -4.52. The van der Waals surface area contributed by atoms with E-state index in [0.29, 0.717) is 0 Å². The maximum Gasteiger partial charge on any atom is 0.333 e. The first-order valence-electron chi connectivity index (χ1n) is 14.9. The van der Waals surface area contributed by atoms with Gasteiger partial charge in [-0.3, -0.25) is 0 Å². The minimum atomic E-state index is 0.000742. The van der Waals surface area contributed by atoms with Gasteiger partial charge in [0.25, 0.3) is 0 Å². The van der Waals surface area contributed by atoms with Gasteiger partial charge in [-0.15, -0.1) is 23.5 Å². The molecule has 0 saturated heterocycles. The van der Waals surface area contributed by atoms with E-state index in [4.69, 9.17) is 4.42 Å². The molecule has 2 aliphatic heterocycles. The van der Waals surface area contributed by atoms with Crippen LogP contribution in [0.15, 0.2) is 129 Å². The van der Waals surface area contributed by atoms with Crippen molar-refractivity contribution in [2.45, 2.75) is 9.79 Å². The number of anilines is 3. The van der Waals surface area contributed by atoms with E-state index in [-0.39, 0.29) is 6.85 Å². The van der Waals surface area contributed by atoms with Crippen LogP contribution in [0.25, 0.3) is 54.9 Å². The van der Waals surface area contributed by atoms with Crippen molar-refractivity contribution >= 4 is 102 Å². The second-order valence-electron chi connectivity index (χ2n) is 11.6. The number of aromatic nitrogens is 1. The van der Waals surface area contributed by atoms with E-state index in [1.54, 1.807) is 23.5 Å². The number of benzene rings is 6. The van der Waals surface area contributed by atoms with Crippen LogP contribution in [-0.2, 0) is 0 Å². The molecule has 2 aliphatic rings. The van der Waals surface area contributed by atoms with Gasteiger partial charge in [-0.05, 0) is 77.5 Å². The molecule has 0 fully saturated rings. The summed E-state index contributed by atoms with van der Waals surface area (Å²) in [4.78, 5) is 4.96. The van der Waals surface area contributed by atoms with Gasteiger partial charge < -0.3 is 13.8 Å². The van der Waals surface area contributed by atoms with Crippen molar-refractivity contribution in [1.29, 1.82) is 0 Å². The summed E-state index contributed by atoms with van der Waals surface area (Å²) in [7, 11) is 0. The number of rotatable bonds is 3. The maximum atomic E-state index is 6.87. The van der Waals surface area contributed by atoms with E-state index in [2.05, 4.69) is 137 Å². The zero-order valence-electron chi connectivity index (χ0n) is 24.2. The van der Waals surface area contributed by atoms with Gasteiger partial charge in [-0.25, -0.2) is 0 Å². The topological polar surface area (TPSA) is 21.3 Å². The van der Waals surface area contributed by atoms with Crippen molar-refractivity contribution in [3.05, 3.63) is 115 Å². The normalized spacial score (nSPS) is 13.3. The fraction of sp³-hybridized carbons (Fsp3) is 0.0526. The molecule has 4 heterocycles. The minimum absolute atomic E-state index is 0.000742. The van der Waals surface area contributed by atoms with E-state index < -0.39 is 0 Å². The van der Waals surface area contributed by atoms with Crippen molar-refractivity contribution < 1.29 is 4.42 Å². The molecule has 44 heavy (non-hydrogen) atoms.